The lowest BCUT2D eigenvalue weighted by Gasteiger charge is -2.27. The number of amides is 2. The summed E-state index contributed by atoms with van der Waals surface area (Å²) >= 11 is 9.58. The lowest BCUT2D eigenvalue weighted by atomic mass is 9.84. The highest BCUT2D eigenvalue weighted by molar-refractivity contribution is 9.10. The summed E-state index contributed by atoms with van der Waals surface area (Å²) in [5.74, 6) is -0.947. The zero-order valence-corrected chi connectivity index (χ0v) is 14.2. The molecule has 0 aliphatic rings. The molecule has 116 valence electrons. The SMILES string of the molecule is CC(C)(CNC(=O)NCCC(=O)O)c1ccc(Br)cc1Cl. The number of carbonyl (C=O) groups is 2. The summed E-state index contributed by atoms with van der Waals surface area (Å²) in [6.07, 6.45) is -0.102. The van der Waals surface area contributed by atoms with E-state index in [1.165, 1.54) is 0 Å². The van der Waals surface area contributed by atoms with Crippen molar-refractivity contribution in [3.05, 3.63) is 33.3 Å². The quantitative estimate of drug-likeness (QED) is 0.712. The van der Waals surface area contributed by atoms with Gasteiger partial charge in [-0.05, 0) is 17.7 Å². The maximum Gasteiger partial charge on any atom is 0.314 e. The highest BCUT2D eigenvalue weighted by Crippen LogP contribution is 2.31. The Morgan fingerprint density at radius 2 is 2.00 bits per heavy atom. The first-order valence-electron chi connectivity index (χ1n) is 6.41. The van der Waals surface area contributed by atoms with Crippen LogP contribution in [0.1, 0.15) is 25.8 Å². The van der Waals surface area contributed by atoms with Crippen LogP contribution in [0, 0.1) is 0 Å². The van der Waals surface area contributed by atoms with Gasteiger partial charge in [-0.2, -0.15) is 0 Å². The van der Waals surface area contributed by atoms with Gasteiger partial charge in [0.1, 0.15) is 0 Å². The minimum absolute atomic E-state index is 0.0979. The van der Waals surface area contributed by atoms with Crippen molar-refractivity contribution < 1.29 is 14.7 Å². The zero-order chi connectivity index (χ0) is 16.0. The second kappa shape index (κ2) is 7.66. The third-order valence-corrected chi connectivity index (χ3v) is 3.78. The number of benzene rings is 1. The van der Waals surface area contributed by atoms with Crippen molar-refractivity contribution in [3.8, 4) is 0 Å². The fraction of sp³-hybridized carbons (Fsp3) is 0.429. The minimum atomic E-state index is -0.947. The molecule has 1 rings (SSSR count). The predicted octanol–water partition coefficient (Wildman–Crippen LogP) is 3.15. The fourth-order valence-electron chi connectivity index (χ4n) is 1.78. The van der Waals surface area contributed by atoms with E-state index >= 15 is 0 Å². The zero-order valence-electron chi connectivity index (χ0n) is 11.9. The van der Waals surface area contributed by atoms with Crippen LogP contribution in [-0.4, -0.2) is 30.2 Å². The molecule has 0 fully saturated rings. The third kappa shape index (κ3) is 5.93. The van der Waals surface area contributed by atoms with Crippen molar-refractivity contribution in [3.63, 3.8) is 0 Å². The molecule has 0 aromatic heterocycles. The van der Waals surface area contributed by atoms with Crippen LogP contribution in [-0.2, 0) is 10.2 Å². The van der Waals surface area contributed by atoms with Crippen LogP contribution in [0.4, 0.5) is 4.79 Å². The number of carboxylic acids is 1. The van der Waals surface area contributed by atoms with E-state index in [4.69, 9.17) is 16.7 Å². The Balaban J connectivity index is 2.56. The molecule has 0 aliphatic heterocycles. The van der Waals surface area contributed by atoms with Crippen molar-refractivity contribution in [2.24, 2.45) is 0 Å². The highest BCUT2D eigenvalue weighted by Gasteiger charge is 2.24. The van der Waals surface area contributed by atoms with Crippen LogP contribution < -0.4 is 10.6 Å². The Bertz CT molecular complexity index is 535. The van der Waals surface area contributed by atoms with Crippen molar-refractivity contribution in [2.45, 2.75) is 25.7 Å². The van der Waals surface area contributed by atoms with E-state index in [1.807, 2.05) is 32.0 Å². The molecule has 0 saturated heterocycles. The molecular formula is C14H18BrClN2O3. The molecule has 0 heterocycles. The molecule has 0 spiro atoms. The van der Waals surface area contributed by atoms with E-state index in [9.17, 15) is 9.59 Å². The van der Waals surface area contributed by atoms with Crippen molar-refractivity contribution in [2.75, 3.05) is 13.1 Å². The molecule has 3 N–H and O–H groups in total. The second-order valence-electron chi connectivity index (χ2n) is 5.26. The van der Waals surface area contributed by atoms with Gasteiger partial charge in [0, 0.05) is 28.0 Å². The molecule has 21 heavy (non-hydrogen) atoms. The van der Waals surface area contributed by atoms with Crippen LogP contribution in [0.2, 0.25) is 5.02 Å². The van der Waals surface area contributed by atoms with E-state index in [1.54, 1.807) is 0 Å². The molecule has 0 unspecified atom stereocenters. The number of hydrogen-bond acceptors (Lipinski definition) is 2. The van der Waals surface area contributed by atoms with E-state index in [0.29, 0.717) is 11.6 Å². The highest BCUT2D eigenvalue weighted by atomic mass is 79.9. The van der Waals surface area contributed by atoms with Gasteiger partial charge in [0.2, 0.25) is 0 Å². The summed E-state index contributed by atoms with van der Waals surface area (Å²) in [4.78, 5) is 21.9. The standard InChI is InChI=1S/C14H18BrClN2O3/c1-14(2,10-4-3-9(15)7-11(10)16)8-18-13(21)17-6-5-12(19)20/h3-4,7H,5-6,8H2,1-2H3,(H,19,20)(H2,17,18,21). The van der Waals surface area contributed by atoms with Crippen molar-refractivity contribution >= 4 is 39.5 Å². The smallest absolute Gasteiger partial charge is 0.314 e. The van der Waals surface area contributed by atoms with Crippen LogP contribution in [0.3, 0.4) is 0 Å². The fourth-order valence-corrected chi connectivity index (χ4v) is 2.71. The van der Waals surface area contributed by atoms with E-state index < -0.39 is 12.0 Å². The van der Waals surface area contributed by atoms with Gasteiger partial charge in [-0.1, -0.05) is 47.4 Å². The van der Waals surface area contributed by atoms with E-state index in [-0.39, 0.29) is 18.4 Å². The molecule has 0 bridgehead atoms. The van der Waals surface area contributed by atoms with Gasteiger partial charge in [-0.25, -0.2) is 4.79 Å². The third-order valence-electron chi connectivity index (χ3n) is 2.98. The number of carboxylic acid groups (broad SMARTS) is 1. The number of urea groups is 1. The summed E-state index contributed by atoms with van der Waals surface area (Å²) in [6, 6.07) is 5.23. The Kier molecular flexibility index (Phi) is 6.48. The van der Waals surface area contributed by atoms with Crippen LogP contribution in [0.5, 0.6) is 0 Å². The van der Waals surface area contributed by atoms with Gasteiger partial charge < -0.3 is 15.7 Å². The summed E-state index contributed by atoms with van der Waals surface area (Å²) in [5.41, 5.74) is 0.584. The van der Waals surface area contributed by atoms with Gasteiger partial charge in [0.05, 0.1) is 6.42 Å². The van der Waals surface area contributed by atoms with E-state index in [0.717, 1.165) is 10.0 Å². The average molecular weight is 378 g/mol. The Morgan fingerprint density at radius 1 is 1.33 bits per heavy atom. The molecule has 1 aromatic carbocycles. The van der Waals surface area contributed by atoms with Gasteiger partial charge in [-0.15, -0.1) is 0 Å². The lowest BCUT2D eigenvalue weighted by molar-refractivity contribution is -0.136. The van der Waals surface area contributed by atoms with Gasteiger partial charge in [-0.3, -0.25) is 4.79 Å². The molecule has 0 atom stereocenters. The maximum atomic E-state index is 11.6. The molecule has 0 saturated carbocycles. The monoisotopic (exact) mass is 376 g/mol. The predicted molar refractivity (Wildman–Crippen MR) is 85.8 cm³/mol. The summed E-state index contributed by atoms with van der Waals surface area (Å²) in [6.45, 7) is 4.42. The Hall–Kier alpha value is -1.27. The van der Waals surface area contributed by atoms with Gasteiger partial charge >= 0.3 is 12.0 Å². The Morgan fingerprint density at radius 3 is 2.57 bits per heavy atom. The minimum Gasteiger partial charge on any atom is -0.481 e. The van der Waals surface area contributed by atoms with Crippen LogP contribution >= 0.6 is 27.5 Å². The molecular weight excluding hydrogens is 360 g/mol. The summed E-state index contributed by atoms with van der Waals surface area (Å²) < 4.78 is 0.895. The number of nitrogens with one attached hydrogen (secondary N) is 2. The number of hydrogen-bond donors (Lipinski definition) is 3. The van der Waals surface area contributed by atoms with Crippen molar-refractivity contribution in [1.29, 1.82) is 0 Å². The van der Waals surface area contributed by atoms with E-state index in [2.05, 4.69) is 26.6 Å². The maximum absolute atomic E-state index is 11.6. The molecule has 0 aliphatic carbocycles. The van der Waals surface area contributed by atoms with Crippen LogP contribution in [0.15, 0.2) is 22.7 Å². The van der Waals surface area contributed by atoms with Gasteiger partial charge in [0.25, 0.3) is 0 Å². The Labute approximate surface area is 137 Å². The first-order chi connectivity index (χ1) is 9.72. The second-order valence-corrected chi connectivity index (χ2v) is 6.58. The number of halogens is 2. The topological polar surface area (TPSA) is 78.4 Å². The normalized spacial score (nSPS) is 11.0. The molecule has 1 aromatic rings. The number of carbonyl (C=O) groups excluding carboxylic acids is 1. The first-order valence-corrected chi connectivity index (χ1v) is 7.58. The summed E-state index contributed by atoms with van der Waals surface area (Å²) in [5, 5.41) is 14.3. The van der Waals surface area contributed by atoms with Gasteiger partial charge in [0.15, 0.2) is 0 Å². The lowest BCUT2D eigenvalue weighted by Crippen LogP contribution is -2.42. The molecule has 2 amide bonds. The number of aliphatic carboxylic acids is 1. The van der Waals surface area contributed by atoms with Crippen molar-refractivity contribution in [1.82, 2.24) is 10.6 Å². The molecule has 7 heteroatoms. The first kappa shape index (κ1) is 17.8. The molecule has 5 nitrogen and oxygen atoms in total. The summed E-state index contributed by atoms with van der Waals surface area (Å²) in [7, 11) is 0. The van der Waals surface area contributed by atoms with Crippen LogP contribution in [0.25, 0.3) is 0 Å². The number of rotatable bonds is 6. The largest absolute Gasteiger partial charge is 0.481 e. The average Bonchev–Trinajstić information content (AvgIpc) is 2.35. The molecule has 0 radical (unpaired) electrons.